The van der Waals surface area contributed by atoms with Gasteiger partial charge in [-0.15, -0.1) is 0 Å². The summed E-state index contributed by atoms with van der Waals surface area (Å²) in [6.07, 6.45) is 2.14. The monoisotopic (exact) mass is 339 g/mol. The van der Waals surface area contributed by atoms with Crippen LogP contribution < -0.4 is 16.0 Å². The third-order valence-corrected chi connectivity index (χ3v) is 4.61. The average Bonchev–Trinajstić information content (AvgIpc) is 2.53. The minimum atomic E-state index is -0.223. The number of carbonyl (C=O) groups is 1. The summed E-state index contributed by atoms with van der Waals surface area (Å²) in [7, 11) is 1.62. The van der Waals surface area contributed by atoms with Gasteiger partial charge in [-0.1, -0.05) is 30.7 Å². The van der Waals surface area contributed by atoms with Gasteiger partial charge in [0.1, 0.15) is 0 Å². The molecular formula is C17H26ClN3O2. The molecule has 1 heterocycles. The van der Waals surface area contributed by atoms with Crippen LogP contribution >= 0.6 is 11.6 Å². The lowest BCUT2D eigenvalue weighted by Gasteiger charge is -2.34. The maximum atomic E-state index is 12.2. The SMILES string of the molecule is COCC(NC(=O)NCC1(C)CCNCC1)c1cccc(Cl)c1. The van der Waals surface area contributed by atoms with Crippen LogP contribution in [-0.2, 0) is 4.74 Å². The molecular weight excluding hydrogens is 314 g/mol. The Morgan fingerprint density at radius 2 is 2.17 bits per heavy atom. The van der Waals surface area contributed by atoms with Crippen LogP contribution in [0.2, 0.25) is 5.02 Å². The molecule has 1 aromatic carbocycles. The van der Waals surface area contributed by atoms with Gasteiger partial charge in [-0.25, -0.2) is 4.79 Å². The van der Waals surface area contributed by atoms with Crippen LogP contribution in [0.4, 0.5) is 4.79 Å². The molecule has 1 atom stereocenters. The smallest absolute Gasteiger partial charge is 0.315 e. The van der Waals surface area contributed by atoms with E-state index in [4.69, 9.17) is 16.3 Å². The van der Waals surface area contributed by atoms with E-state index in [2.05, 4.69) is 22.9 Å². The lowest BCUT2D eigenvalue weighted by molar-refractivity contribution is 0.163. The minimum Gasteiger partial charge on any atom is -0.382 e. The Kier molecular flexibility index (Phi) is 6.69. The normalized spacial score (nSPS) is 18.2. The van der Waals surface area contributed by atoms with Crippen molar-refractivity contribution in [3.05, 3.63) is 34.9 Å². The molecule has 1 saturated heterocycles. The Labute approximate surface area is 143 Å². The molecule has 1 aliphatic heterocycles. The third kappa shape index (κ3) is 5.68. The zero-order chi connectivity index (χ0) is 16.7. The summed E-state index contributed by atoms with van der Waals surface area (Å²) in [6, 6.07) is 7.07. The van der Waals surface area contributed by atoms with E-state index in [9.17, 15) is 4.79 Å². The highest BCUT2D eigenvalue weighted by atomic mass is 35.5. The first kappa shape index (κ1) is 18.0. The molecule has 0 aliphatic carbocycles. The van der Waals surface area contributed by atoms with Gasteiger partial charge in [0.2, 0.25) is 0 Å². The van der Waals surface area contributed by atoms with Gasteiger partial charge in [0.15, 0.2) is 0 Å². The van der Waals surface area contributed by atoms with Gasteiger partial charge < -0.3 is 20.7 Å². The van der Waals surface area contributed by atoms with Gasteiger partial charge in [0.25, 0.3) is 0 Å². The fourth-order valence-electron chi connectivity index (χ4n) is 2.82. The van der Waals surface area contributed by atoms with Crippen LogP contribution in [-0.4, -0.2) is 39.4 Å². The number of piperidine rings is 1. The van der Waals surface area contributed by atoms with Crippen LogP contribution in [0.25, 0.3) is 0 Å². The number of rotatable bonds is 6. The van der Waals surface area contributed by atoms with E-state index in [1.807, 2.05) is 24.3 Å². The predicted octanol–water partition coefficient (Wildman–Crippen LogP) is 2.72. The van der Waals surface area contributed by atoms with Gasteiger partial charge in [0, 0.05) is 18.7 Å². The molecule has 0 spiro atoms. The molecule has 2 amide bonds. The standard InChI is InChI=1S/C17H26ClN3O2/c1-17(6-8-19-9-7-17)12-20-16(22)21-15(11-23-2)13-4-3-5-14(18)10-13/h3-5,10,15,19H,6-9,11-12H2,1-2H3,(H2,20,21,22). The number of hydrogen-bond acceptors (Lipinski definition) is 3. The quantitative estimate of drug-likeness (QED) is 0.746. The van der Waals surface area contributed by atoms with Crippen molar-refractivity contribution >= 4 is 17.6 Å². The number of methoxy groups -OCH3 is 1. The topological polar surface area (TPSA) is 62.4 Å². The largest absolute Gasteiger partial charge is 0.382 e. The third-order valence-electron chi connectivity index (χ3n) is 4.38. The molecule has 3 N–H and O–H groups in total. The molecule has 1 fully saturated rings. The Bertz CT molecular complexity index is 518. The van der Waals surface area contributed by atoms with Crippen LogP contribution in [0.1, 0.15) is 31.4 Å². The number of halogens is 1. The fraction of sp³-hybridized carbons (Fsp3) is 0.588. The molecule has 128 valence electrons. The molecule has 0 radical (unpaired) electrons. The van der Waals surface area contributed by atoms with E-state index in [0.29, 0.717) is 18.2 Å². The molecule has 0 bridgehead atoms. The molecule has 2 rings (SSSR count). The van der Waals surface area contributed by atoms with Crippen molar-refractivity contribution in [3.8, 4) is 0 Å². The van der Waals surface area contributed by atoms with Crippen molar-refractivity contribution in [1.82, 2.24) is 16.0 Å². The number of amides is 2. The van der Waals surface area contributed by atoms with E-state index in [-0.39, 0.29) is 17.5 Å². The van der Waals surface area contributed by atoms with Crippen LogP contribution in [0, 0.1) is 5.41 Å². The van der Waals surface area contributed by atoms with Crippen molar-refractivity contribution < 1.29 is 9.53 Å². The second-order valence-electron chi connectivity index (χ2n) is 6.45. The van der Waals surface area contributed by atoms with Crippen molar-refractivity contribution in [2.75, 3.05) is 33.4 Å². The lowest BCUT2D eigenvalue weighted by Crippen LogP contribution is -2.46. The van der Waals surface area contributed by atoms with Crippen molar-refractivity contribution in [1.29, 1.82) is 0 Å². The second kappa shape index (κ2) is 8.52. The van der Waals surface area contributed by atoms with Crippen LogP contribution in [0.3, 0.4) is 0 Å². The fourth-order valence-corrected chi connectivity index (χ4v) is 3.02. The van der Waals surface area contributed by atoms with E-state index in [1.54, 1.807) is 7.11 Å². The number of nitrogens with one attached hydrogen (secondary N) is 3. The van der Waals surface area contributed by atoms with Gasteiger partial charge >= 0.3 is 6.03 Å². The predicted molar refractivity (Wildman–Crippen MR) is 92.8 cm³/mol. The maximum Gasteiger partial charge on any atom is 0.315 e. The average molecular weight is 340 g/mol. The second-order valence-corrected chi connectivity index (χ2v) is 6.89. The van der Waals surface area contributed by atoms with Crippen LogP contribution in [0.15, 0.2) is 24.3 Å². The van der Waals surface area contributed by atoms with Gasteiger partial charge in [-0.05, 0) is 49.0 Å². The highest BCUT2D eigenvalue weighted by molar-refractivity contribution is 6.30. The van der Waals surface area contributed by atoms with E-state index in [1.165, 1.54) is 0 Å². The summed E-state index contributed by atoms with van der Waals surface area (Å²) in [5.41, 5.74) is 1.10. The Balaban J connectivity index is 1.90. The summed E-state index contributed by atoms with van der Waals surface area (Å²) in [6.45, 7) is 5.31. The highest BCUT2D eigenvalue weighted by Crippen LogP contribution is 2.26. The summed E-state index contributed by atoms with van der Waals surface area (Å²) in [5, 5.41) is 9.96. The first-order valence-electron chi connectivity index (χ1n) is 8.02. The van der Waals surface area contributed by atoms with Crippen molar-refractivity contribution in [2.24, 2.45) is 5.41 Å². The molecule has 23 heavy (non-hydrogen) atoms. The Morgan fingerprint density at radius 3 is 2.83 bits per heavy atom. The highest BCUT2D eigenvalue weighted by Gasteiger charge is 2.27. The molecule has 1 aliphatic rings. The zero-order valence-electron chi connectivity index (χ0n) is 13.8. The van der Waals surface area contributed by atoms with E-state index in [0.717, 1.165) is 31.5 Å². The number of urea groups is 1. The van der Waals surface area contributed by atoms with Gasteiger partial charge in [0.05, 0.1) is 12.6 Å². The maximum absolute atomic E-state index is 12.2. The molecule has 5 nitrogen and oxygen atoms in total. The number of benzene rings is 1. The first-order valence-corrected chi connectivity index (χ1v) is 8.40. The summed E-state index contributed by atoms with van der Waals surface area (Å²) in [4.78, 5) is 12.2. The van der Waals surface area contributed by atoms with E-state index < -0.39 is 0 Å². The Hall–Kier alpha value is -1.30. The number of ether oxygens (including phenoxy) is 1. The minimum absolute atomic E-state index is 0.162. The lowest BCUT2D eigenvalue weighted by atomic mass is 9.81. The van der Waals surface area contributed by atoms with Gasteiger partial charge in [-0.3, -0.25) is 0 Å². The molecule has 1 unspecified atom stereocenters. The summed E-state index contributed by atoms with van der Waals surface area (Å²) in [5.74, 6) is 0. The number of carbonyl (C=O) groups excluding carboxylic acids is 1. The summed E-state index contributed by atoms with van der Waals surface area (Å²) >= 11 is 6.03. The molecule has 6 heteroatoms. The summed E-state index contributed by atoms with van der Waals surface area (Å²) < 4.78 is 5.22. The molecule has 0 aromatic heterocycles. The zero-order valence-corrected chi connectivity index (χ0v) is 14.6. The molecule has 1 aromatic rings. The first-order chi connectivity index (χ1) is 11.0. The van der Waals surface area contributed by atoms with Crippen LogP contribution in [0.5, 0.6) is 0 Å². The van der Waals surface area contributed by atoms with Crippen molar-refractivity contribution in [3.63, 3.8) is 0 Å². The van der Waals surface area contributed by atoms with Gasteiger partial charge in [-0.2, -0.15) is 0 Å². The van der Waals surface area contributed by atoms with Crippen molar-refractivity contribution in [2.45, 2.75) is 25.8 Å². The number of hydrogen-bond donors (Lipinski definition) is 3. The van der Waals surface area contributed by atoms with E-state index >= 15 is 0 Å². The Morgan fingerprint density at radius 1 is 1.43 bits per heavy atom. The molecule has 0 saturated carbocycles.